The maximum absolute atomic E-state index is 12.4. The third kappa shape index (κ3) is 4.07. The maximum atomic E-state index is 12.4. The Labute approximate surface area is 129 Å². The Hall–Kier alpha value is -0.370. The monoisotopic (exact) mass is 341 g/mol. The van der Waals surface area contributed by atoms with Gasteiger partial charge in [0.2, 0.25) is 10.0 Å². The molecule has 0 aliphatic rings. The van der Waals surface area contributed by atoms with Crippen molar-refractivity contribution in [3.8, 4) is 0 Å². The molecular weight excluding hydrogens is 325 g/mol. The first kappa shape index (κ1) is 17.7. The molecule has 0 atom stereocenters. The molecule has 0 radical (unpaired) electrons. The number of hydrogen-bond donors (Lipinski definition) is 1. The highest BCUT2D eigenvalue weighted by molar-refractivity contribution is 7.89. The average Bonchev–Trinajstić information content (AvgIpc) is 2.40. The van der Waals surface area contributed by atoms with E-state index in [4.69, 9.17) is 27.9 Å². The number of sulfonamides is 1. The second-order valence-electron chi connectivity index (χ2n) is 4.06. The molecule has 0 fully saturated rings. The van der Waals surface area contributed by atoms with Gasteiger partial charge in [-0.3, -0.25) is 0 Å². The number of benzene rings is 1. The molecule has 0 aliphatic heterocycles. The van der Waals surface area contributed by atoms with Crippen LogP contribution in [0.15, 0.2) is 17.0 Å². The predicted molar refractivity (Wildman–Crippen MR) is 78.7 cm³/mol. The molecule has 0 unspecified atom stereocenters. The van der Waals surface area contributed by atoms with Crippen LogP contribution in [0, 0.1) is 0 Å². The topological polar surface area (TPSA) is 66.8 Å². The number of ether oxygens (including phenoxy) is 1. The van der Waals surface area contributed by atoms with E-state index in [1.807, 2.05) is 6.92 Å². The molecule has 0 saturated heterocycles. The highest BCUT2D eigenvalue weighted by Crippen LogP contribution is 2.31. The minimum atomic E-state index is -3.78. The van der Waals surface area contributed by atoms with Gasteiger partial charge in [-0.15, -0.1) is 0 Å². The number of likely N-dealkylation sites (N-methyl/N-ethyl adjacent to an activating group) is 1. The van der Waals surface area contributed by atoms with Crippen molar-refractivity contribution in [2.24, 2.45) is 0 Å². The molecule has 114 valence electrons. The summed E-state index contributed by atoms with van der Waals surface area (Å²) in [5, 5.41) is 9.36. The molecule has 1 rings (SSSR count). The molecule has 0 spiro atoms. The highest BCUT2D eigenvalue weighted by Gasteiger charge is 2.25. The fourth-order valence-corrected chi connectivity index (χ4v) is 3.60. The quantitative estimate of drug-likeness (QED) is 0.771. The van der Waals surface area contributed by atoms with Crippen molar-refractivity contribution in [1.29, 1.82) is 0 Å². The van der Waals surface area contributed by atoms with Crippen LogP contribution in [0.5, 0.6) is 0 Å². The van der Waals surface area contributed by atoms with Crippen molar-refractivity contribution in [3.05, 3.63) is 27.7 Å². The second kappa shape index (κ2) is 7.59. The summed E-state index contributed by atoms with van der Waals surface area (Å²) in [7, 11) is -2.34. The Balaban J connectivity index is 3.12. The maximum Gasteiger partial charge on any atom is 0.244 e. The first-order valence-electron chi connectivity index (χ1n) is 5.97. The summed E-state index contributed by atoms with van der Waals surface area (Å²) in [5.41, 5.74) is 0.274. The van der Waals surface area contributed by atoms with E-state index in [1.165, 1.54) is 19.2 Å². The number of rotatable bonds is 7. The number of nitrogens with zero attached hydrogens (tertiary/aromatic N) is 1. The van der Waals surface area contributed by atoms with E-state index in [1.54, 1.807) is 0 Å². The first-order valence-corrected chi connectivity index (χ1v) is 8.17. The molecule has 0 aromatic heterocycles. The van der Waals surface area contributed by atoms with Crippen LogP contribution in [-0.2, 0) is 21.4 Å². The first-order chi connectivity index (χ1) is 9.34. The van der Waals surface area contributed by atoms with E-state index in [0.29, 0.717) is 6.61 Å². The van der Waals surface area contributed by atoms with Crippen molar-refractivity contribution < 1.29 is 18.3 Å². The molecule has 0 bridgehead atoms. The lowest BCUT2D eigenvalue weighted by molar-refractivity contribution is 0.138. The molecule has 0 amide bonds. The summed E-state index contributed by atoms with van der Waals surface area (Å²) in [6, 6.07) is 2.71. The van der Waals surface area contributed by atoms with E-state index >= 15 is 0 Å². The van der Waals surface area contributed by atoms with Crippen LogP contribution in [-0.4, -0.2) is 44.6 Å². The molecule has 1 aromatic carbocycles. The molecule has 0 heterocycles. The van der Waals surface area contributed by atoms with E-state index < -0.39 is 10.0 Å². The van der Waals surface area contributed by atoms with Crippen LogP contribution >= 0.6 is 23.2 Å². The zero-order valence-corrected chi connectivity index (χ0v) is 13.6. The highest BCUT2D eigenvalue weighted by atomic mass is 35.5. The van der Waals surface area contributed by atoms with Gasteiger partial charge in [0.15, 0.2) is 0 Å². The molecule has 5 nitrogen and oxygen atoms in total. The Morgan fingerprint density at radius 2 is 2.00 bits per heavy atom. The van der Waals surface area contributed by atoms with E-state index in [9.17, 15) is 13.5 Å². The third-order valence-corrected chi connectivity index (χ3v) is 5.35. The molecule has 8 heteroatoms. The van der Waals surface area contributed by atoms with Gasteiger partial charge in [-0.05, 0) is 24.6 Å². The summed E-state index contributed by atoms with van der Waals surface area (Å²) in [6.45, 7) is 2.45. The minimum absolute atomic E-state index is 0.0137. The normalized spacial score (nSPS) is 12.1. The summed E-state index contributed by atoms with van der Waals surface area (Å²) in [5.74, 6) is 0. The fourth-order valence-electron chi connectivity index (χ4n) is 1.55. The Bertz CT molecular complexity index is 563. The molecular formula is C12H17Cl2NO4S. The standard InChI is InChI=1S/C12H17Cl2NO4S/c1-3-19-5-4-15(2)20(17,18)11-7-10(13)6-9(8-16)12(11)14/h6-7,16H,3-5,8H2,1-2H3. The minimum Gasteiger partial charge on any atom is -0.392 e. The largest absolute Gasteiger partial charge is 0.392 e. The SMILES string of the molecule is CCOCCN(C)S(=O)(=O)c1cc(Cl)cc(CO)c1Cl. The van der Waals surface area contributed by atoms with E-state index in [2.05, 4.69) is 0 Å². The lowest BCUT2D eigenvalue weighted by Crippen LogP contribution is -2.30. The summed E-state index contributed by atoms with van der Waals surface area (Å²) in [6.07, 6.45) is 0. The summed E-state index contributed by atoms with van der Waals surface area (Å²) < 4.78 is 31.1. The van der Waals surface area contributed by atoms with Gasteiger partial charge in [0.25, 0.3) is 0 Å². The van der Waals surface area contributed by atoms with Gasteiger partial charge >= 0.3 is 0 Å². The van der Waals surface area contributed by atoms with Gasteiger partial charge in [-0.2, -0.15) is 4.31 Å². The Morgan fingerprint density at radius 3 is 2.55 bits per heavy atom. The van der Waals surface area contributed by atoms with E-state index in [-0.39, 0.29) is 40.3 Å². The average molecular weight is 342 g/mol. The van der Waals surface area contributed by atoms with Crippen molar-refractivity contribution in [3.63, 3.8) is 0 Å². The van der Waals surface area contributed by atoms with Crippen LogP contribution in [0.2, 0.25) is 10.0 Å². The fraction of sp³-hybridized carbons (Fsp3) is 0.500. The van der Waals surface area contributed by atoms with Crippen LogP contribution < -0.4 is 0 Å². The van der Waals surface area contributed by atoms with Crippen LogP contribution in [0.4, 0.5) is 0 Å². The van der Waals surface area contributed by atoms with Gasteiger partial charge in [0, 0.05) is 25.2 Å². The van der Waals surface area contributed by atoms with E-state index in [0.717, 1.165) is 4.31 Å². The molecule has 20 heavy (non-hydrogen) atoms. The number of aliphatic hydroxyl groups is 1. The second-order valence-corrected chi connectivity index (χ2v) is 6.89. The van der Waals surface area contributed by atoms with Crippen molar-refractivity contribution in [1.82, 2.24) is 4.31 Å². The predicted octanol–water partition coefficient (Wildman–Crippen LogP) is 2.14. The van der Waals surface area contributed by atoms with Crippen LogP contribution in [0.25, 0.3) is 0 Å². The van der Waals surface area contributed by atoms with Gasteiger partial charge in [0.1, 0.15) is 4.90 Å². The zero-order valence-electron chi connectivity index (χ0n) is 11.3. The van der Waals surface area contributed by atoms with Crippen molar-refractivity contribution in [2.45, 2.75) is 18.4 Å². The van der Waals surface area contributed by atoms with Gasteiger partial charge in [0.05, 0.1) is 18.2 Å². The number of halogens is 2. The summed E-state index contributed by atoms with van der Waals surface area (Å²) >= 11 is 11.9. The number of aliphatic hydroxyl groups excluding tert-OH is 1. The molecule has 0 saturated carbocycles. The lowest BCUT2D eigenvalue weighted by atomic mass is 10.2. The molecule has 0 aliphatic carbocycles. The lowest BCUT2D eigenvalue weighted by Gasteiger charge is -2.19. The van der Waals surface area contributed by atoms with Gasteiger partial charge < -0.3 is 9.84 Å². The Morgan fingerprint density at radius 1 is 1.35 bits per heavy atom. The van der Waals surface area contributed by atoms with Crippen LogP contribution in [0.1, 0.15) is 12.5 Å². The van der Waals surface area contributed by atoms with Gasteiger partial charge in [-0.1, -0.05) is 23.2 Å². The summed E-state index contributed by atoms with van der Waals surface area (Å²) in [4.78, 5) is -0.116. The zero-order chi connectivity index (χ0) is 15.3. The Kier molecular flexibility index (Phi) is 6.71. The van der Waals surface area contributed by atoms with Crippen molar-refractivity contribution >= 4 is 33.2 Å². The van der Waals surface area contributed by atoms with Crippen molar-refractivity contribution in [2.75, 3.05) is 26.8 Å². The number of hydrogen-bond acceptors (Lipinski definition) is 4. The van der Waals surface area contributed by atoms with Gasteiger partial charge in [-0.25, -0.2) is 8.42 Å². The molecule has 1 N–H and O–H groups in total. The smallest absolute Gasteiger partial charge is 0.244 e. The third-order valence-electron chi connectivity index (χ3n) is 2.69. The molecule has 1 aromatic rings. The van der Waals surface area contributed by atoms with Crippen LogP contribution in [0.3, 0.4) is 0 Å².